The molecule has 1 unspecified atom stereocenters. The van der Waals surface area contributed by atoms with Gasteiger partial charge in [-0.2, -0.15) is 0 Å². The smallest absolute Gasteiger partial charge is 0.223 e. The van der Waals surface area contributed by atoms with Gasteiger partial charge < -0.3 is 10.0 Å². The Bertz CT molecular complexity index is 257. The Balaban J connectivity index is 2.07. The molecule has 2 fully saturated rings. The third-order valence-electron chi connectivity index (χ3n) is 4.30. The quantitative estimate of drug-likeness (QED) is 0.730. The molecule has 1 saturated heterocycles. The van der Waals surface area contributed by atoms with Crippen molar-refractivity contribution < 1.29 is 9.90 Å². The minimum Gasteiger partial charge on any atom is -0.396 e. The number of rotatable bonds is 2. The average molecular weight is 225 g/mol. The SMILES string of the molecule is CC1(N2CC(CO)CC2=O)CCCCCC1. The van der Waals surface area contributed by atoms with Crippen molar-refractivity contribution in [3.8, 4) is 0 Å². The summed E-state index contributed by atoms with van der Waals surface area (Å²) in [6.45, 7) is 3.15. The van der Waals surface area contributed by atoms with E-state index in [1.165, 1.54) is 25.7 Å². The van der Waals surface area contributed by atoms with Gasteiger partial charge in [-0.1, -0.05) is 25.7 Å². The lowest BCUT2D eigenvalue weighted by Crippen LogP contribution is -2.47. The lowest BCUT2D eigenvalue weighted by molar-refractivity contribution is -0.133. The highest BCUT2D eigenvalue weighted by atomic mass is 16.3. The molecule has 2 rings (SSSR count). The Morgan fingerprint density at radius 2 is 1.94 bits per heavy atom. The van der Waals surface area contributed by atoms with Crippen molar-refractivity contribution in [2.75, 3.05) is 13.2 Å². The molecule has 2 aliphatic rings. The molecular weight excluding hydrogens is 202 g/mol. The van der Waals surface area contributed by atoms with E-state index in [9.17, 15) is 4.79 Å². The summed E-state index contributed by atoms with van der Waals surface area (Å²) < 4.78 is 0. The number of carbonyl (C=O) groups excluding carboxylic acids is 1. The van der Waals surface area contributed by atoms with Crippen molar-refractivity contribution in [2.24, 2.45) is 5.92 Å². The number of hydrogen-bond acceptors (Lipinski definition) is 2. The molecule has 1 amide bonds. The van der Waals surface area contributed by atoms with E-state index in [0.717, 1.165) is 19.4 Å². The molecule has 0 aromatic heterocycles. The van der Waals surface area contributed by atoms with Gasteiger partial charge in [0.25, 0.3) is 0 Å². The van der Waals surface area contributed by atoms with Crippen LogP contribution in [0, 0.1) is 5.92 Å². The maximum Gasteiger partial charge on any atom is 0.223 e. The Hall–Kier alpha value is -0.570. The predicted molar refractivity (Wildman–Crippen MR) is 63.0 cm³/mol. The highest BCUT2D eigenvalue weighted by molar-refractivity contribution is 5.79. The van der Waals surface area contributed by atoms with E-state index in [1.54, 1.807) is 0 Å². The minimum atomic E-state index is 0.0670. The first kappa shape index (κ1) is 11.9. The van der Waals surface area contributed by atoms with Crippen LogP contribution in [0.4, 0.5) is 0 Å². The molecule has 3 nitrogen and oxygen atoms in total. The van der Waals surface area contributed by atoms with E-state index in [4.69, 9.17) is 5.11 Å². The van der Waals surface area contributed by atoms with Crippen molar-refractivity contribution in [1.82, 2.24) is 4.90 Å². The third-order valence-corrected chi connectivity index (χ3v) is 4.30. The van der Waals surface area contributed by atoms with Crippen LogP contribution in [0.3, 0.4) is 0 Å². The molecular formula is C13H23NO2. The normalized spacial score (nSPS) is 30.5. The number of nitrogens with zero attached hydrogens (tertiary/aromatic N) is 1. The zero-order valence-electron chi connectivity index (χ0n) is 10.2. The van der Waals surface area contributed by atoms with Crippen molar-refractivity contribution in [2.45, 2.75) is 57.4 Å². The number of aliphatic hydroxyl groups excluding tert-OH is 1. The summed E-state index contributed by atoms with van der Waals surface area (Å²) in [7, 11) is 0. The Labute approximate surface area is 97.8 Å². The molecule has 1 atom stereocenters. The number of carbonyl (C=O) groups is 1. The van der Waals surface area contributed by atoms with Crippen molar-refractivity contribution in [3.05, 3.63) is 0 Å². The predicted octanol–water partition coefficient (Wildman–Crippen LogP) is 1.94. The second kappa shape index (κ2) is 4.74. The molecule has 1 heterocycles. The number of amides is 1. The topological polar surface area (TPSA) is 40.5 Å². The molecule has 0 aromatic carbocycles. The molecule has 16 heavy (non-hydrogen) atoms. The summed E-state index contributed by atoms with van der Waals surface area (Å²) in [5.74, 6) is 0.427. The molecule has 0 radical (unpaired) electrons. The van der Waals surface area contributed by atoms with Gasteiger partial charge in [-0.05, 0) is 19.8 Å². The van der Waals surface area contributed by atoms with E-state index in [2.05, 4.69) is 11.8 Å². The molecule has 0 bridgehead atoms. The maximum absolute atomic E-state index is 12.0. The first-order chi connectivity index (χ1) is 7.65. The van der Waals surface area contributed by atoms with Gasteiger partial charge in [0.1, 0.15) is 0 Å². The van der Waals surface area contributed by atoms with Crippen LogP contribution < -0.4 is 0 Å². The molecule has 1 aliphatic heterocycles. The highest BCUT2D eigenvalue weighted by Crippen LogP contribution is 2.36. The summed E-state index contributed by atoms with van der Waals surface area (Å²) >= 11 is 0. The summed E-state index contributed by atoms with van der Waals surface area (Å²) in [6, 6.07) is 0. The van der Waals surface area contributed by atoms with Crippen LogP contribution in [-0.2, 0) is 4.79 Å². The first-order valence-electron chi connectivity index (χ1n) is 6.57. The first-order valence-corrected chi connectivity index (χ1v) is 6.57. The monoisotopic (exact) mass is 225 g/mol. The van der Waals surface area contributed by atoms with Gasteiger partial charge >= 0.3 is 0 Å². The van der Waals surface area contributed by atoms with Crippen LogP contribution in [0.25, 0.3) is 0 Å². The standard InChI is InChI=1S/C13H23NO2/c1-13(6-4-2-3-5-7-13)14-9-11(10-15)8-12(14)16/h11,15H,2-10H2,1H3. The van der Waals surface area contributed by atoms with E-state index in [0.29, 0.717) is 6.42 Å². The second-order valence-corrected chi connectivity index (χ2v) is 5.67. The van der Waals surface area contributed by atoms with Gasteiger partial charge in [-0.15, -0.1) is 0 Å². The van der Waals surface area contributed by atoms with Crippen molar-refractivity contribution in [3.63, 3.8) is 0 Å². The Morgan fingerprint density at radius 1 is 1.31 bits per heavy atom. The molecule has 3 heteroatoms. The highest BCUT2D eigenvalue weighted by Gasteiger charge is 2.41. The Morgan fingerprint density at radius 3 is 2.44 bits per heavy atom. The number of hydrogen-bond donors (Lipinski definition) is 1. The van der Waals surface area contributed by atoms with Gasteiger partial charge in [0, 0.05) is 31.0 Å². The summed E-state index contributed by atoms with van der Waals surface area (Å²) in [6.07, 6.45) is 7.91. The lowest BCUT2D eigenvalue weighted by atomic mass is 9.90. The van der Waals surface area contributed by atoms with Gasteiger partial charge in [0.2, 0.25) is 5.91 Å². The second-order valence-electron chi connectivity index (χ2n) is 5.67. The number of aliphatic hydroxyl groups is 1. The van der Waals surface area contributed by atoms with E-state index in [-0.39, 0.29) is 24.0 Å². The van der Waals surface area contributed by atoms with Crippen LogP contribution in [0.15, 0.2) is 0 Å². The summed E-state index contributed by atoms with van der Waals surface area (Å²) in [4.78, 5) is 14.0. The van der Waals surface area contributed by atoms with E-state index >= 15 is 0 Å². The lowest BCUT2D eigenvalue weighted by Gasteiger charge is -2.38. The van der Waals surface area contributed by atoms with Gasteiger partial charge in [0.05, 0.1) is 0 Å². The fourth-order valence-electron chi connectivity index (χ4n) is 3.19. The molecule has 0 spiro atoms. The molecule has 1 N–H and O–H groups in total. The van der Waals surface area contributed by atoms with Crippen LogP contribution in [0.2, 0.25) is 0 Å². The maximum atomic E-state index is 12.0. The average Bonchev–Trinajstić information content (AvgIpc) is 2.51. The molecule has 1 saturated carbocycles. The third kappa shape index (κ3) is 2.24. The summed E-state index contributed by atoms with van der Waals surface area (Å²) in [5.41, 5.74) is 0.0670. The van der Waals surface area contributed by atoms with E-state index in [1.807, 2.05) is 0 Å². The van der Waals surface area contributed by atoms with E-state index < -0.39 is 0 Å². The van der Waals surface area contributed by atoms with Crippen molar-refractivity contribution in [1.29, 1.82) is 0 Å². The number of likely N-dealkylation sites (tertiary alicyclic amines) is 1. The minimum absolute atomic E-state index is 0.0670. The van der Waals surface area contributed by atoms with Gasteiger partial charge in [0.15, 0.2) is 0 Å². The summed E-state index contributed by atoms with van der Waals surface area (Å²) in [5, 5.41) is 9.16. The van der Waals surface area contributed by atoms with Gasteiger partial charge in [-0.25, -0.2) is 0 Å². The van der Waals surface area contributed by atoms with Gasteiger partial charge in [-0.3, -0.25) is 4.79 Å². The fraction of sp³-hybridized carbons (Fsp3) is 0.923. The zero-order chi connectivity index (χ0) is 11.6. The van der Waals surface area contributed by atoms with Crippen molar-refractivity contribution >= 4 is 5.91 Å². The Kier molecular flexibility index (Phi) is 3.53. The molecule has 0 aromatic rings. The van der Waals surface area contributed by atoms with Crippen LogP contribution in [0.5, 0.6) is 0 Å². The molecule has 92 valence electrons. The van der Waals surface area contributed by atoms with Crippen LogP contribution >= 0.6 is 0 Å². The van der Waals surface area contributed by atoms with Crippen LogP contribution in [0.1, 0.15) is 51.9 Å². The zero-order valence-corrected chi connectivity index (χ0v) is 10.2. The molecule has 1 aliphatic carbocycles. The fourth-order valence-corrected chi connectivity index (χ4v) is 3.19. The van der Waals surface area contributed by atoms with Crippen LogP contribution in [-0.4, -0.2) is 34.6 Å². The largest absolute Gasteiger partial charge is 0.396 e.